The van der Waals surface area contributed by atoms with Gasteiger partial charge in [0.2, 0.25) is 0 Å². The molecule has 8 nitrogen and oxygen atoms in total. The maximum Gasteiger partial charge on any atom is 0.296 e. The van der Waals surface area contributed by atoms with Crippen LogP contribution in [0.25, 0.3) is 10.8 Å². The first kappa shape index (κ1) is 14.5. The molecular formula is C10H8O8S2. The summed E-state index contributed by atoms with van der Waals surface area (Å²) in [5, 5.41) is 18.3. The Morgan fingerprint density at radius 2 is 1.30 bits per heavy atom. The van der Waals surface area contributed by atoms with Gasteiger partial charge in [-0.15, -0.1) is 0 Å². The number of rotatable bonds is 2. The van der Waals surface area contributed by atoms with Crippen LogP contribution in [0.2, 0.25) is 0 Å². The van der Waals surface area contributed by atoms with Crippen molar-refractivity contribution in [3.8, 4) is 11.5 Å². The highest BCUT2D eigenvalue weighted by molar-refractivity contribution is 7.89. The van der Waals surface area contributed by atoms with Crippen LogP contribution in [0.15, 0.2) is 34.1 Å². The molecule has 2 aromatic rings. The zero-order chi connectivity index (χ0) is 15.3. The van der Waals surface area contributed by atoms with E-state index in [1.807, 2.05) is 0 Å². The lowest BCUT2D eigenvalue weighted by molar-refractivity contribution is 0.408. The van der Waals surface area contributed by atoms with E-state index in [0.29, 0.717) is 6.07 Å². The monoisotopic (exact) mass is 320 g/mol. The molecular weight excluding hydrogens is 312 g/mol. The highest BCUT2D eigenvalue weighted by atomic mass is 32.2. The average molecular weight is 320 g/mol. The van der Waals surface area contributed by atoms with Crippen molar-refractivity contribution in [1.29, 1.82) is 0 Å². The largest absolute Gasteiger partial charge is 0.504 e. The molecule has 0 unspecified atom stereocenters. The third kappa shape index (κ3) is 2.29. The molecule has 0 heterocycles. The molecule has 10 heteroatoms. The number of aromatic hydroxyl groups is 2. The van der Waals surface area contributed by atoms with Crippen molar-refractivity contribution >= 4 is 31.0 Å². The minimum Gasteiger partial charge on any atom is -0.504 e. The van der Waals surface area contributed by atoms with Crippen molar-refractivity contribution < 1.29 is 36.2 Å². The van der Waals surface area contributed by atoms with Crippen molar-refractivity contribution in [2.45, 2.75) is 9.79 Å². The number of hydrogen-bond acceptors (Lipinski definition) is 6. The molecule has 2 aromatic carbocycles. The van der Waals surface area contributed by atoms with Gasteiger partial charge < -0.3 is 10.2 Å². The number of benzene rings is 2. The molecule has 0 saturated carbocycles. The first-order valence-corrected chi connectivity index (χ1v) is 7.84. The van der Waals surface area contributed by atoms with Gasteiger partial charge in [0.1, 0.15) is 9.79 Å². The summed E-state index contributed by atoms with van der Waals surface area (Å²) in [6.07, 6.45) is 0. The third-order valence-corrected chi connectivity index (χ3v) is 4.58. The summed E-state index contributed by atoms with van der Waals surface area (Å²) in [6.45, 7) is 0. The number of phenolic OH excluding ortho intramolecular Hbond substituents is 2. The summed E-state index contributed by atoms with van der Waals surface area (Å²) in [5.41, 5.74) is 0. The van der Waals surface area contributed by atoms with Crippen LogP contribution in [0.3, 0.4) is 0 Å². The minimum absolute atomic E-state index is 0.204. The second kappa shape index (κ2) is 4.31. The molecule has 4 N–H and O–H groups in total. The normalized spacial score (nSPS) is 12.7. The van der Waals surface area contributed by atoms with Gasteiger partial charge >= 0.3 is 0 Å². The maximum absolute atomic E-state index is 11.3. The summed E-state index contributed by atoms with van der Waals surface area (Å²) in [7, 11) is -9.92. The van der Waals surface area contributed by atoms with Crippen LogP contribution < -0.4 is 0 Å². The van der Waals surface area contributed by atoms with Crippen LogP contribution in [-0.4, -0.2) is 36.2 Å². The third-order valence-electron chi connectivity index (χ3n) is 2.60. The Morgan fingerprint density at radius 1 is 0.750 bits per heavy atom. The lowest BCUT2D eigenvalue weighted by Gasteiger charge is -2.10. The standard InChI is InChI=1S/C10H8O8S2/c11-7-3-1-6-5(9(7)12)2-4-8(19(13,14)15)10(6)20(16,17)18/h1-4,11-12H,(H,13,14,15)(H,16,17,18). The average Bonchev–Trinajstić information content (AvgIpc) is 2.30. The van der Waals surface area contributed by atoms with Crippen molar-refractivity contribution in [2.75, 3.05) is 0 Å². The first-order chi connectivity index (χ1) is 9.03. The molecule has 0 aliphatic carbocycles. The van der Waals surface area contributed by atoms with E-state index in [1.165, 1.54) is 0 Å². The van der Waals surface area contributed by atoms with Gasteiger partial charge in [-0.1, -0.05) is 0 Å². The van der Waals surface area contributed by atoms with Gasteiger partial charge in [-0.2, -0.15) is 16.8 Å². The predicted octanol–water partition coefficient (Wildman–Crippen LogP) is 0.744. The summed E-state index contributed by atoms with van der Waals surface area (Å²) >= 11 is 0. The van der Waals surface area contributed by atoms with Crippen molar-refractivity contribution in [2.24, 2.45) is 0 Å². The predicted molar refractivity (Wildman–Crippen MR) is 66.9 cm³/mol. The molecule has 2 rings (SSSR count). The first-order valence-electron chi connectivity index (χ1n) is 4.96. The molecule has 0 aromatic heterocycles. The van der Waals surface area contributed by atoms with Gasteiger partial charge in [0.15, 0.2) is 11.5 Å². The van der Waals surface area contributed by atoms with Crippen LogP contribution in [0, 0.1) is 0 Å². The SMILES string of the molecule is O=S(=O)(O)c1ccc2c(O)c(O)ccc2c1S(=O)(=O)O. The van der Waals surface area contributed by atoms with Crippen molar-refractivity contribution in [1.82, 2.24) is 0 Å². The zero-order valence-electron chi connectivity index (χ0n) is 9.55. The van der Waals surface area contributed by atoms with Gasteiger partial charge in [-0.3, -0.25) is 9.11 Å². The maximum atomic E-state index is 11.3. The van der Waals surface area contributed by atoms with E-state index in [4.69, 9.17) is 9.11 Å². The Balaban J connectivity index is 3.13. The van der Waals surface area contributed by atoms with E-state index in [9.17, 15) is 27.0 Å². The topological polar surface area (TPSA) is 149 Å². The van der Waals surface area contributed by atoms with Gasteiger partial charge in [0.25, 0.3) is 20.2 Å². The molecule has 0 saturated heterocycles. The molecule has 0 spiro atoms. The summed E-state index contributed by atoms with van der Waals surface area (Å²) in [6, 6.07) is 3.59. The Morgan fingerprint density at radius 3 is 1.80 bits per heavy atom. The van der Waals surface area contributed by atoms with E-state index < -0.39 is 41.5 Å². The molecule has 0 aliphatic heterocycles. The molecule has 0 bridgehead atoms. The van der Waals surface area contributed by atoms with Crippen molar-refractivity contribution in [3.05, 3.63) is 24.3 Å². The zero-order valence-corrected chi connectivity index (χ0v) is 11.2. The van der Waals surface area contributed by atoms with Crippen LogP contribution in [0.5, 0.6) is 11.5 Å². The quantitative estimate of drug-likeness (QED) is 0.467. The summed E-state index contributed by atoms with van der Waals surface area (Å²) < 4.78 is 63.2. The smallest absolute Gasteiger partial charge is 0.296 e. The van der Waals surface area contributed by atoms with Gasteiger partial charge in [0, 0.05) is 10.8 Å². The Hall–Kier alpha value is -1.88. The van der Waals surface area contributed by atoms with E-state index in [-0.39, 0.29) is 10.8 Å². The molecule has 0 radical (unpaired) electrons. The molecule has 0 amide bonds. The van der Waals surface area contributed by atoms with Gasteiger partial charge in [-0.05, 0) is 24.3 Å². The van der Waals surface area contributed by atoms with E-state index in [2.05, 4.69) is 0 Å². The van der Waals surface area contributed by atoms with Crippen LogP contribution >= 0.6 is 0 Å². The minimum atomic E-state index is -5.00. The Bertz CT molecular complexity index is 912. The fourth-order valence-electron chi connectivity index (χ4n) is 1.80. The Labute approximate surface area is 113 Å². The lowest BCUT2D eigenvalue weighted by Crippen LogP contribution is -2.09. The van der Waals surface area contributed by atoms with Crippen LogP contribution in [-0.2, 0) is 20.2 Å². The molecule has 0 aliphatic rings. The molecule has 0 atom stereocenters. The summed E-state index contributed by atoms with van der Waals surface area (Å²) in [5.74, 6) is -1.24. The van der Waals surface area contributed by atoms with E-state index in [1.54, 1.807) is 0 Å². The van der Waals surface area contributed by atoms with E-state index >= 15 is 0 Å². The second-order valence-corrected chi connectivity index (χ2v) is 6.62. The van der Waals surface area contributed by atoms with Crippen molar-refractivity contribution in [3.63, 3.8) is 0 Å². The molecule has 20 heavy (non-hydrogen) atoms. The number of phenols is 2. The summed E-state index contributed by atoms with van der Waals surface area (Å²) in [4.78, 5) is -2.11. The van der Waals surface area contributed by atoms with E-state index in [0.717, 1.165) is 18.2 Å². The van der Waals surface area contributed by atoms with Crippen LogP contribution in [0.4, 0.5) is 0 Å². The highest BCUT2D eigenvalue weighted by Crippen LogP contribution is 2.38. The molecule has 0 fully saturated rings. The fourth-order valence-corrected chi connectivity index (χ4v) is 3.79. The Kier molecular flexibility index (Phi) is 3.13. The number of fused-ring (bicyclic) bond motifs is 1. The lowest BCUT2D eigenvalue weighted by atomic mass is 10.1. The van der Waals surface area contributed by atoms with Gasteiger partial charge in [-0.25, -0.2) is 0 Å². The number of hydrogen-bond donors (Lipinski definition) is 4. The molecule has 108 valence electrons. The van der Waals surface area contributed by atoms with Crippen LogP contribution in [0.1, 0.15) is 0 Å². The second-order valence-electron chi connectivity index (χ2n) is 3.87. The van der Waals surface area contributed by atoms with Gasteiger partial charge in [0.05, 0.1) is 0 Å². The fraction of sp³-hybridized carbons (Fsp3) is 0. The highest BCUT2D eigenvalue weighted by Gasteiger charge is 2.27.